The standard InChI is InChI=1S/C15H8ClN3OS/c16-10-7-5-9(6-8-10)13-18-19-14(20-13)15-17-11-3-1-2-4-12(11)21-15/h1-8H. The fourth-order valence-electron chi connectivity index (χ4n) is 1.98. The third kappa shape index (κ3) is 2.30. The Morgan fingerprint density at radius 1 is 0.905 bits per heavy atom. The van der Waals surface area contributed by atoms with Crippen LogP contribution in [0.2, 0.25) is 5.02 Å². The van der Waals surface area contributed by atoms with E-state index in [9.17, 15) is 0 Å². The molecule has 2 aromatic heterocycles. The minimum Gasteiger partial charge on any atom is -0.414 e. The first-order valence-corrected chi connectivity index (χ1v) is 7.44. The van der Waals surface area contributed by atoms with Crippen LogP contribution in [0.5, 0.6) is 0 Å². The van der Waals surface area contributed by atoms with Crippen LogP contribution in [0.1, 0.15) is 0 Å². The van der Waals surface area contributed by atoms with E-state index in [1.54, 1.807) is 12.1 Å². The highest BCUT2D eigenvalue weighted by Gasteiger charge is 2.14. The van der Waals surface area contributed by atoms with Gasteiger partial charge in [0.1, 0.15) is 0 Å². The molecule has 4 rings (SSSR count). The molecule has 0 aliphatic rings. The molecule has 0 bridgehead atoms. The van der Waals surface area contributed by atoms with Crippen LogP contribution in [0.4, 0.5) is 0 Å². The SMILES string of the molecule is Clc1ccc(-c2nnc(-c3nc4ccccc4s3)o2)cc1. The fourth-order valence-corrected chi connectivity index (χ4v) is 3.00. The van der Waals surface area contributed by atoms with Gasteiger partial charge in [-0.1, -0.05) is 23.7 Å². The van der Waals surface area contributed by atoms with E-state index >= 15 is 0 Å². The molecule has 0 amide bonds. The van der Waals surface area contributed by atoms with E-state index < -0.39 is 0 Å². The maximum atomic E-state index is 5.87. The van der Waals surface area contributed by atoms with Crippen molar-refractivity contribution in [3.05, 3.63) is 53.6 Å². The zero-order valence-electron chi connectivity index (χ0n) is 10.7. The average Bonchev–Trinajstić information content (AvgIpc) is 3.14. The Bertz CT molecular complexity index is 881. The molecule has 0 radical (unpaired) electrons. The van der Waals surface area contributed by atoms with Crippen molar-refractivity contribution in [2.45, 2.75) is 0 Å². The van der Waals surface area contributed by atoms with Crippen molar-refractivity contribution in [2.24, 2.45) is 0 Å². The third-order valence-electron chi connectivity index (χ3n) is 2.99. The predicted molar refractivity (Wildman–Crippen MR) is 83.4 cm³/mol. The Morgan fingerprint density at radius 3 is 2.48 bits per heavy atom. The lowest BCUT2D eigenvalue weighted by atomic mass is 10.2. The van der Waals surface area contributed by atoms with Gasteiger partial charge in [0.15, 0.2) is 5.01 Å². The molecule has 2 heterocycles. The molecule has 102 valence electrons. The van der Waals surface area contributed by atoms with Gasteiger partial charge in [0, 0.05) is 10.6 Å². The van der Waals surface area contributed by atoms with Crippen LogP contribution in [0.3, 0.4) is 0 Å². The van der Waals surface area contributed by atoms with Gasteiger partial charge in [0.05, 0.1) is 10.2 Å². The average molecular weight is 314 g/mol. The van der Waals surface area contributed by atoms with Gasteiger partial charge in [-0.3, -0.25) is 0 Å². The molecule has 0 spiro atoms. The molecule has 0 saturated carbocycles. The Labute approximate surface area is 129 Å². The molecule has 0 atom stereocenters. The van der Waals surface area contributed by atoms with E-state index in [-0.39, 0.29) is 0 Å². The molecular formula is C15H8ClN3OS. The van der Waals surface area contributed by atoms with E-state index in [0.29, 0.717) is 16.8 Å². The lowest BCUT2D eigenvalue weighted by Crippen LogP contribution is -1.76. The number of hydrogen-bond donors (Lipinski definition) is 0. The summed E-state index contributed by atoms with van der Waals surface area (Å²) in [6, 6.07) is 15.2. The highest BCUT2D eigenvalue weighted by molar-refractivity contribution is 7.21. The topological polar surface area (TPSA) is 51.8 Å². The normalized spacial score (nSPS) is 11.1. The van der Waals surface area contributed by atoms with Gasteiger partial charge >= 0.3 is 0 Å². The predicted octanol–water partition coefficient (Wildman–Crippen LogP) is 4.67. The van der Waals surface area contributed by atoms with E-state index in [0.717, 1.165) is 20.8 Å². The maximum absolute atomic E-state index is 5.87. The molecule has 0 fully saturated rings. The quantitative estimate of drug-likeness (QED) is 0.540. The molecule has 0 aliphatic carbocycles. The molecule has 21 heavy (non-hydrogen) atoms. The monoisotopic (exact) mass is 313 g/mol. The van der Waals surface area contributed by atoms with Crippen LogP contribution in [0.15, 0.2) is 52.9 Å². The third-order valence-corrected chi connectivity index (χ3v) is 4.27. The first kappa shape index (κ1) is 12.5. The largest absolute Gasteiger partial charge is 0.414 e. The summed E-state index contributed by atoms with van der Waals surface area (Å²) in [5, 5.41) is 9.55. The Morgan fingerprint density at radius 2 is 1.67 bits per heavy atom. The maximum Gasteiger partial charge on any atom is 0.277 e. The molecule has 0 N–H and O–H groups in total. The zero-order chi connectivity index (χ0) is 14.2. The number of halogens is 1. The van der Waals surface area contributed by atoms with Crippen LogP contribution in [0.25, 0.3) is 32.6 Å². The summed E-state index contributed by atoms with van der Waals surface area (Å²) in [6.07, 6.45) is 0. The molecule has 6 heteroatoms. The molecule has 0 saturated heterocycles. The van der Waals surface area contributed by atoms with Gasteiger partial charge < -0.3 is 4.42 Å². The second-order valence-corrected chi connectivity index (χ2v) is 5.87. The number of benzene rings is 2. The minimum atomic E-state index is 0.432. The number of nitrogens with zero attached hydrogens (tertiary/aromatic N) is 3. The molecule has 0 unspecified atom stereocenters. The Balaban J connectivity index is 1.75. The molecule has 2 aromatic carbocycles. The van der Waals surface area contributed by atoms with Crippen molar-refractivity contribution in [3.63, 3.8) is 0 Å². The summed E-state index contributed by atoms with van der Waals surface area (Å²) in [7, 11) is 0. The molecule has 0 aliphatic heterocycles. The van der Waals surface area contributed by atoms with Crippen molar-refractivity contribution in [1.82, 2.24) is 15.2 Å². The van der Waals surface area contributed by atoms with E-state index in [4.69, 9.17) is 16.0 Å². The summed E-state index contributed by atoms with van der Waals surface area (Å²) in [5.74, 6) is 0.891. The van der Waals surface area contributed by atoms with Gasteiger partial charge in [-0.25, -0.2) is 4.98 Å². The Kier molecular flexibility index (Phi) is 2.94. The van der Waals surface area contributed by atoms with Gasteiger partial charge in [0.25, 0.3) is 5.89 Å². The van der Waals surface area contributed by atoms with E-state index in [1.165, 1.54) is 11.3 Å². The summed E-state index contributed by atoms with van der Waals surface area (Å²) >= 11 is 7.40. The first-order valence-electron chi connectivity index (χ1n) is 6.25. The van der Waals surface area contributed by atoms with Gasteiger partial charge in [-0.05, 0) is 36.4 Å². The summed E-state index contributed by atoms with van der Waals surface area (Å²) in [6.45, 7) is 0. The number of aromatic nitrogens is 3. The molecule has 4 aromatic rings. The van der Waals surface area contributed by atoms with Crippen LogP contribution in [-0.2, 0) is 0 Å². The number of fused-ring (bicyclic) bond motifs is 1. The summed E-state index contributed by atoms with van der Waals surface area (Å²) in [4.78, 5) is 4.51. The van der Waals surface area contributed by atoms with Crippen molar-refractivity contribution in [3.8, 4) is 22.4 Å². The lowest BCUT2D eigenvalue weighted by Gasteiger charge is -1.93. The second kappa shape index (κ2) is 4.95. The Hall–Kier alpha value is -2.24. The van der Waals surface area contributed by atoms with E-state index in [1.807, 2.05) is 36.4 Å². The van der Waals surface area contributed by atoms with Gasteiger partial charge in [-0.2, -0.15) is 0 Å². The summed E-state index contributed by atoms with van der Waals surface area (Å²) in [5.41, 5.74) is 1.77. The second-order valence-electron chi connectivity index (χ2n) is 4.41. The van der Waals surface area contributed by atoms with Crippen LogP contribution in [-0.4, -0.2) is 15.2 Å². The molecule has 4 nitrogen and oxygen atoms in total. The number of hydrogen-bond acceptors (Lipinski definition) is 5. The number of rotatable bonds is 2. The number of para-hydroxylation sites is 1. The summed E-state index contributed by atoms with van der Waals surface area (Å²) < 4.78 is 6.80. The van der Waals surface area contributed by atoms with Crippen LogP contribution >= 0.6 is 22.9 Å². The van der Waals surface area contributed by atoms with Crippen LogP contribution < -0.4 is 0 Å². The van der Waals surface area contributed by atoms with Crippen molar-refractivity contribution in [2.75, 3.05) is 0 Å². The lowest BCUT2D eigenvalue weighted by molar-refractivity contribution is 0.584. The van der Waals surface area contributed by atoms with Gasteiger partial charge in [-0.15, -0.1) is 21.5 Å². The van der Waals surface area contributed by atoms with Crippen molar-refractivity contribution >= 4 is 33.2 Å². The fraction of sp³-hybridized carbons (Fsp3) is 0. The van der Waals surface area contributed by atoms with Gasteiger partial charge in [0.2, 0.25) is 5.89 Å². The zero-order valence-corrected chi connectivity index (χ0v) is 12.2. The smallest absolute Gasteiger partial charge is 0.277 e. The van der Waals surface area contributed by atoms with Crippen LogP contribution in [0, 0.1) is 0 Å². The van der Waals surface area contributed by atoms with E-state index in [2.05, 4.69) is 15.2 Å². The minimum absolute atomic E-state index is 0.432. The van der Waals surface area contributed by atoms with Crippen molar-refractivity contribution in [1.29, 1.82) is 0 Å². The highest BCUT2D eigenvalue weighted by Crippen LogP contribution is 2.31. The first-order chi connectivity index (χ1) is 10.3. The van der Waals surface area contributed by atoms with Crippen molar-refractivity contribution < 1.29 is 4.42 Å². The number of thiazole rings is 1. The molecular weight excluding hydrogens is 306 g/mol. The highest BCUT2D eigenvalue weighted by atomic mass is 35.5.